The summed E-state index contributed by atoms with van der Waals surface area (Å²) in [5.74, 6) is -1.78. The van der Waals surface area contributed by atoms with Crippen LogP contribution in [-0.4, -0.2) is 58.0 Å². The predicted molar refractivity (Wildman–Crippen MR) is 176 cm³/mol. The molecule has 9 nitrogen and oxygen atoms in total. The molecule has 1 aromatic heterocycles. The van der Waals surface area contributed by atoms with E-state index in [4.69, 9.17) is 27.9 Å². The minimum atomic E-state index is -1.22. The molecule has 1 saturated carbocycles. The largest absolute Gasteiger partial charge is 0.459 e. The summed E-state index contributed by atoms with van der Waals surface area (Å²) in [4.78, 5) is 46.7. The average Bonchev–Trinajstić information content (AvgIpc) is 3.11. The second-order valence-corrected chi connectivity index (χ2v) is 12.6. The molecule has 0 radical (unpaired) electrons. The van der Waals surface area contributed by atoms with Crippen molar-refractivity contribution in [3.8, 4) is 11.1 Å². The van der Waals surface area contributed by atoms with Crippen LogP contribution in [0.15, 0.2) is 79.1 Å². The van der Waals surface area contributed by atoms with E-state index in [9.17, 15) is 23.9 Å². The van der Waals surface area contributed by atoms with Gasteiger partial charge in [-0.1, -0.05) is 29.3 Å². The van der Waals surface area contributed by atoms with Gasteiger partial charge in [-0.2, -0.15) is 0 Å². The number of ether oxygens (including phenoxy) is 1. The van der Waals surface area contributed by atoms with E-state index < -0.39 is 24.1 Å². The van der Waals surface area contributed by atoms with Gasteiger partial charge in [-0.25, -0.2) is 9.18 Å². The van der Waals surface area contributed by atoms with Gasteiger partial charge in [0, 0.05) is 44.9 Å². The van der Waals surface area contributed by atoms with Gasteiger partial charge in [-0.05, 0) is 89.8 Å². The Bertz CT molecular complexity index is 1850. The van der Waals surface area contributed by atoms with E-state index in [0.29, 0.717) is 34.7 Å². The van der Waals surface area contributed by atoms with Crippen molar-refractivity contribution in [1.82, 2.24) is 15.2 Å². The summed E-state index contributed by atoms with van der Waals surface area (Å²) in [6.07, 6.45) is 2.66. The number of aromatic nitrogens is 1. The van der Waals surface area contributed by atoms with Gasteiger partial charge in [0.1, 0.15) is 24.2 Å². The average molecular weight is 678 g/mol. The lowest BCUT2D eigenvalue weighted by molar-refractivity contribution is -0.122. The van der Waals surface area contributed by atoms with Gasteiger partial charge in [-0.15, -0.1) is 0 Å². The lowest BCUT2D eigenvalue weighted by Crippen LogP contribution is -2.47. The fourth-order valence-electron chi connectivity index (χ4n) is 5.87. The van der Waals surface area contributed by atoms with Crippen LogP contribution in [0.25, 0.3) is 11.1 Å². The van der Waals surface area contributed by atoms with Gasteiger partial charge in [0.25, 0.3) is 5.91 Å². The number of hydrogen-bond donors (Lipinski definition) is 2. The molecule has 3 aromatic carbocycles. The number of hydrogen-bond acceptors (Lipinski definition) is 7. The number of aliphatic hydroxyl groups excluding tert-OH is 1. The van der Waals surface area contributed by atoms with Crippen molar-refractivity contribution < 1.29 is 28.6 Å². The van der Waals surface area contributed by atoms with Crippen molar-refractivity contribution in [2.45, 2.75) is 50.7 Å². The number of pyridine rings is 1. The molecular weight excluding hydrogens is 646 g/mol. The molecule has 242 valence electrons. The fraction of sp³-hybridized carbons (Fsp3) is 0.257. The van der Waals surface area contributed by atoms with Crippen LogP contribution in [0.4, 0.5) is 10.1 Å². The van der Waals surface area contributed by atoms with Gasteiger partial charge >= 0.3 is 5.97 Å². The van der Waals surface area contributed by atoms with Crippen LogP contribution >= 0.6 is 23.2 Å². The molecule has 1 aliphatic heterocycles. The van der Waals surface area contributed by atoms with Crippen molar-refractivity contribution in [3.05, 3.63) is 117 Å². The molecule has 0 spiro atoms. The maximum Gasteiger partial charge on any atom is 0.338 e. The molecule has 2 N–H and O–H groups in total. The van der Waals surface area contributed by atoms with Crippen LogP contribution in [0.2, 0.25) is 10.0 Å². The number of amides is 2. The Morgan fingerprint density at radius 2 is 1.77 bits per heavy atom. The highest BCUT2D eigenvalue weighted by molar-refractivity contribution is 6.42. The molecule has 47 heavy (non-hydrogen) atoms. The predicted octanol–water partition coefficient (Wildman–Crippen LogP) is 6.17. The molecule has 2 heterocycles. The fourth-order valence-corrected chi connectivity index (χ4v) is 6.16. The summed E-state index contributed by atoms with van der Waals surface area (Å²) in [7, 11) is 1.63. The Labute approximate surface area is 280 Å². The van der Waals surface area contributed by atoms with Crippen molar-refractivity contribution in [2.75, 3.05) is 11.9 Å². The van der Waals surface area contributed by atoms with Crippen molar-refractivity contribution in [2.24, 2.45) is 0 Å². The number of esters is 1. The zero-order valence-electron chi connectivity index (χ0n) is 25.5. The Morgan fingerprint density at radius 1 is 1.02 bits per heavy atom. The molecule has 0 saturated heterocycles. The first kappa shape index (κ1) is 32.6. The normalized spacial score (nSPS) is 19.9. The highest BCUT2D eigenvalue weighted by atomic mass is 35.5. The van der Waals surface area contributed by atoms with Crippen molar-refractivity contribution in [1.29, 1.82) is 0 Å². The monoisotopic (exact) mass is 676 g/mol. The van der Waals surface area contributed by atoms with Gasteiger partial charge in [0.05, 0.1) is 26.9 Å². The minimum absolute atomic E-state index is 0.0568. The SMILES string of the molecule is C[C@@H]1C(=O)N(C)c2cc(-c3ccncc3)ccc2C(=O)N1Cc1cc(F)cc(C(O)NC2CC(OC(=O)c3ccc(Cl)c(Cl)c3)C2)c1. The quantitative estimate of drug-likeness (QED) is 0.170. The third-order valence-electron chi connectivity index (χ3n) is 8.59. The van der Waals surface area contributed by atoms with Crippen molar-refractivity contribution in [3.63, 3.8) is 0 Å². The molecule has 1 aliphatic carbocycles. The summed E-state index contributed by atoms with van der Waals surface area (Å²) in [6.45, 7) is 1.59. The molecule has 4 aromatic rings. The number of anilines is 1. The molecule has 0 bridgehead atoms. The highest BCUT2D eigenvalue weighted by Crippen LogP contribution is 2.33. The van der Waals surface area contributed by atoms with Crippen LogP contribution in [-0.2, 0) is 16.1 Å². The topological polar surface area (TPSA) is 112 Å². The first-order valence-corrected chi connectivity index (χ1v) is 15.8. The first-order valence-electron chi connectivity index (χ1n) is 15.0. The number of likely N-dealkylation sites (N-methyl/N-ethyl adjacent to an activating group) is 1. The number of nitrogens with one attached hydrogen (secondary N) is 1. The molecular formula is C35H31Cl2FN4O5. The lowest BCUT2D eigenvalue weighted by Gasteiger charge is -2.36. The van der Waals surface area contributed by atoms with Gasteiger partial charge < -0.3 is 19.6 Å². The van der Waals surface area contributed by atoms with E-state index in [-0.39, 0.29) is 46.7 Å². The first-order chi connectivity index (χ1) is 22.5. The smallest absolute Gasteiger partial charge is 0.338 e. The molecule has 6 rings (SSSR count). The number of carbonyl (C=O) groups excluding carboxylic acids is 3. The van der Waals surface area contributed by atoms with Crippen LogP contribution in [0.1, 0.15) is 57.8 Å². The maximum absolute atomic E-state index is 14.9. The molecule has 2 aliphatic rings. The van der Waals surface area contributed by atoms with Gasteiger partial charge in [0.2, 0.25) is 5.91 Å². The third-order valence-corrected chi connectivity index (χ3v) is 9.32. The van der Waals surface area contributed by atoms with Gasteiger partial charge in [-0.3, -0.25) is 19.9 Å². The standard InChI is InChI=1S/C35H31Cl2FN4O5/c1-19-33(44)41(2)31-15-22(21-7-9-39-10-8-21)3-5-28(31)34(45)42(19)18-20-11-24(13-25(38)12-20)32(43)40-26-16-27(17-26)47-35(46)23-4-6-29(36)30(37)14-23/h3-15,19,26-27,32,40,43H,16-18H2,1-2H3/t19-,26?,27?,32?/m1/s1. The minimum Gasteiger partial charge on any atom is -0.459 e. The number of aliphatic hydroxyl groups is 1. The van der Waals surface area contributed by atoms with E-state index in [0.717, 1.165) is 11.1 Å². The van der Waals surface area contributed by atoms with Crippen LogP contribution in [0.5, 0.6) is 0 Å². The van der Waals surface area contributed by atoms with Crippen LogP contribution in [0, 0.1) is 5.82 Å². The Balaban J connectivity index is 1.13. The van der Waals surface area contributed by atoms with Gasteiger partial charge in [0.15, 0.2) is 0 Å². The number of fused-ring (bicyclic) bond motifs is 1. The summed E-state index contributed by atoms with van der Waals surface area (Å²) in [5, 5.41) is 14.6. The number of rotatable bonds is 8. The number of benzene rings is 3. The summed E-state index contributed by atoms with van der Waals surface area (Å²) in [6, 6.07) is 16.6. The second-order valence-electron chi connectivity index (χ2n) is 11.8. The van der Waals surface area contributed by atoms with Crippen LogP contribution in [0.3, 0.4) is 0 Å². The summed E-state index contributed by atoms with van der Waals surface area (Å²) >= 11 is 11.9. The number of nitrogens with zero attached hydrogens (tertiary/aromatic N) is 3. The Kier molecular flexibility index (Phi) is 9.29. The van der Waals surface area contributed by atoms with Crippen molar-refractivity contribution >= 4 is 46.7 Å². The summed E-state index contributed by atoms with van der Waals surface area (Å²) < 4.78 is 20.4. The van der Waals surface area contributed by atoms with E-state index in [1.54, 1.807) is 44.6 Å². The zero-order valence-corrected chi connectivity index (χ0v) is 27.0. The Hall–Kier alpha value is -4.35. The Morgan fingerprint density at radius 3 is 2.49 bits per heavy atom. The highest BCUT2D eigenvalue weighted by Gasteiger charge is 2.37. The van der Waals surface area contributed by atoms with E-state index >= 15 is 0 Å². The second kappa shape index (κ2) is 13.4. The molecule has 2 atom stereocenters. The molecule has 2 amide bonds. The molecule has 12 heteroatoms. The zero-order chi connectivity index (χ0) is 33.4. The third kappa shape index (κ3) is 6.87. The summed E-state index contributed by atoms with van der Waals surface area (Å²) in [5.41, 5.74) is 3.51. The van der Waals surface area contributed by atoms with Crippen LogP contribution < -0.4 is 10.2 Å². The number of halogens is 3. The maximum atomic E-state index is 14.9. The van der Waals surface area contributed by atoms with E-state index in [2.05, 4.69) is 10.3 Å². The lowest BCUT2D eigenvalue weighted by atomic mass is 9.88. The molecule has 1 unspecified atom stereocenters. The van der Waals surface area contributed by atoms with E-state index in [1.807, 2.05) is 18.2 Å². The number of carbonyl (C=O) groups is 3. The van der Waals surface area contributed by atoms with E-state index in [1.165, 1.54) is 40.1 Å². The molecule has 1 fully saturated rings.